The van der Waals surface area contributed by atoms with Crippen molar-refractivity contribution in [3.8, 4) is 5.75 Å². The summed E-state index contributed by atoms with van der Waals surface area (Å²) in [4.78, 5) is 2.51. The molecule has 2 atom stereocenters. The van der Waals surface area contributed by atoms with E-state index in [1.54, 1.807) is 0 Å². The number of halogens is 1. The molecule has 0 amide bonds. The topological polar surface area (TPSA) is 24.5 Å². The van der Waals surface area contributed by atoms with E-state index in [-0.39, 0.29) is 0 Å². The van der Waals surface area contributed by atoms with E-state index < -0.39 is 0 Å². The smallest absolute Gasteiger partial charge is 0.127 e. The van der Waals surface area contributed by atoms with Gasteiger partial charge in [-0.3, -0.25) is 4.90 Å². The third kappa shape index (κ3) is 2.73. The lowest BCUT2D eigenvalue weighted by molar-refractivity contribution is 0.137. The fraction of sp³-hybridized carbons (Fsp3) is 0.600. The molecule has 2 unspecified atom stereocenters. The molecule has 2 aliphatic heterocycles. The summed E-state index contributed by atoms with van der Waals surface area (Å²) < 4.78 is 5.79. The lowest BCUT2D eigenvalue weighted by atomic mass is 10.1. The summed E-state index contributed by atoms with van der Waals surface area (Å²) in [5.74, 6) is 1.07. The molecular formula is C15H21ClN2O. The first-order valence-corrected chi connectivity index (χ1v) is 7.43. The highest BCUT2D eigenvalue weighted by molar-refractivity contribution is 6.30. The Hall–Kier alpha value is -0.770. The van der Waals surface area contributed by atoms with Crippen LogP contribution in [0.25, 0.3) is 0 Å². The first-order chi connectivity index (χ1) is 9.13. The van der Waals surface area contributed by atoms with Crippen LogP contribution in [-0.4, -0.2) is 36.7 Å². The monoisotopic (exact) mass is 280 g/mol. The molecule has 2 heterocycles. The maximum atomic E-state index is 6.22. The van der Waals surface area contributed by atoms with Gasteiger partial charge in [-0.1, -0.05) is 11.6 Å². The normalized spacial score (nSPS) is 27.1. The Labute approximate surface area is 119 Å². The fourth-order valence-corrected chi connectivity index (χ4v) is 3.26. The highest BCUT2D eigenvalue weighted by atomic mass is 35.5. The Kier molecular flexibility index (Phi) is 3.70. The van der Waals surface area contributed by atoms with Gasteiger partial charge in [0.1, 0.15) is 5.75 Å². The van der Waals surface area contributed by atoms with Crippen LogP contribution in [-0.2, 0) is 13.0 Å². The van der Waals surface area contributed by atoms with Gasteiger partial charge in [-0.25, -0.2) is 0 Å². The number of hydrogen-bond acceptors (Lipinski definition) is 3. The molecule has 1 saturated heterocycles. The predicted octanol–water partition coefficient (Wildman–Crippen LogP) is 2.46. The van der Waals surface area contributed by atoms with Crippen molar-refractivity contribution in [2.75, 3.05) is 19.7 Å². The van der Waals surface area contributed by atoms with Crippen LogP contribution in [0.1, 0.15) is 25.0 Å². The number of benzene rings is 1. The largest absolute Gasteiger partial charge is 0.493 e. The Bertz CT molecular complexity index is 477. The molecule has 4 heteroatoms. The van der Waals surface area contributed by atoms with Crippen molar-refractivity contribution in [1.82, 2.24) is 10.2 Å². The minimum atomic E-state index is 0.546. The van der Waals surface area contributed by atoms with E-state index in [1.807, 2.05) is 6.07 Å². The fourth-order valence-electron chi connectivity index (χ4n) is 3.00. The average Bonchev–Trinajstić information content (AvgIpc) is 2.82. The van der Waals surface area contributed by atoms with Gasteiger partial charge in [0.25, 0.3) is 0 Å². The third-order valence-electron chi connectivity index (χ3n) is 4.09. The summed E-state index contributed by atoms with van der Waals surface area (Å²) in [6.07, 6.45) is 0.983. The van der Waals surface area contributed by atoms with Crippen LogP contribution in [0.4, 0.5) is 0 Å². The van der Waals surface area contributed by atoms with E-state index in [2.05, 4.69) is 30.1 Å². The van der Waals surface area contributed by atoms with E-state index in [4.69, 9.17) is 16.3 Å². The standard InChI is InChI=1S/C15H21ClN2O/c1-10-8-18(11(2)7-17-10)9-13-6-14(16)5-12-3-4-19-15(12)13/h5-6,10-11,17H,3-4,7-9H2,1-2H3. The molecule has 0 aromatic heterocycles. The number of piperazine rings is 1. The molecule has 3 nitrogen and oxygen atoms in total. The molecule has 0 saturated carbocycles. The quantitative estimate of drug-likeness (QED) is 0.901. The number of rotatable bonds is 2. The summed E-state index contributed by atoms with van der Waals surface area (Å²) in [5.41, 5.74) is 2.50. The Morgan fingerprint density at radius 1 is 1.42 bits per heavy atom. The first-order valence-electron chi connectivity index (χ1n) is 7.05. The Morgan fingerprint density at radius 3 is 3.11 bits per heavy atom. The van der Waals surface area contributed by atoms with Gasteiger partial charge in [0.15, 0.2) is 0 Å². The lowest BCUT2D eigenvalue weighted by Gasteiger charge is -2.37. The van der Waals surface area contributed by atoms with Gasteiger partial charge in [0.2, 0.25) is 0 Å². The van der Waals surface area contributed by atoms with Gasteiger partial charge in [-0.05, 0) is 31.5 Å². The van der Waals surface area contributed by atoms with Crippen molar-refractivity contribution in [2.45, 2.75) is 38.9 Å². The maximum Gasteiger partial charge on any atom is 0.127 e. The van der Waals surface area contributed by atoms with Crippen molar-refractivity contribution in [2.24, 2.45) is 0 Å². The molecule has 0 spiro atoms. The minimum absolute atomic E-state index is 0.546. The van der Waals surface area contributed by atoms with Crippen molar-refractivity contribution in [3.63, 3.8) is 0 Å². The Balaban J connectivity index is 1.83. The molecule has 1 aromatic rings. The summed E-state index contributed by atoms with van der Waals surface area (Å²) >= 11 is 6.22. The number of nitrogens with zero attached hydrogens (tertiary/aromatic N) is 1. The van der Waals surface area contributed by atoms with Gasteiger partial charge in [0, 0.05) is 48.7 Å². The van der Waals surface area contributed by atoms with Crippen molar-refractivity contribution in [1.29, 1.82) is 0 Å². The third-order valence-corrected chi connectivity index (χ3v) is 4.31. The molecule has 3 rings (SSSR count). The van der Waals surface area contributed by atoms with Crippen molar-refractivity contribution < 1.29 is 4.74 Å². The number of hydrogen-bond donors (Lipinski definition) is 1. The molecule has 2 aliphatic rings. The molecule has 0 radical (unpaired) electrons. The molecule has 19 heavy (non-hydrogen) atoms. The van der Waals surface area contributed by atoms with E-state index in [0.29, 0.717) is 12.1 Å². The molecular weight excluding hydrogens is 260 g/mol. The number of ether oxygens (including phenoxy) is 1. The van der Waals surface area contributed by atoms with Crippen molar-refractivity contribution >= 4 is 11.6 Å². The van der Waals surface area contributed by atoms with E-state index in [0.717, 1.165) is 43.4 Å². The lowest BCUT2D eigenvalue weighted by Crippen LogP contribution is -2.53. The van der Waals surface area contributed by atoms with Crippen LogP contribution < -0.4 is 10.1 Å². The summed E-state index contributed by atoms with van der Waals surface area (Å²) in [5, 5.41) is 4.34. The summed E-state index contributed by atoms with van der Waals surface area (Å²) in [6.45, 7) is 8.34. The van der Waals surface area contributed by atoms with E-state index >= 15 is 0 Å². The average molecular weight is 281 g/mol. The second-order valence-corrected chi connectivity index (χ2v) is 6.18. The molecule has 0 aliphatic carbocycles. The van der Waals surface area contributed by atoms with Gasteiger partial charge in [-0.15, -0.1) is 0 Å². The van der Waals surface area contributed by atoms with Crippen LogP contribution in [0.2, 0.25) is 5.02 Å². The molecule has 1 fully saturated rings. The number of nitrogens with one attached hydrogen (secondary N) is 1. The summed E-state index contributed by atoms with van der Waals surface area (Å²) in [7, 11) is 0. The maximum absolute atomic E-state index is 6.22. The highest BCUT2D eigenvalue weighted by Crippen LogP contribution is 2.34. The van der Waals surface area contributed by atoms with Gasteiger partial charge >= 0.3 is 0 Å². The van der Waals surface area contributed by atoms with Gasteiger partial charge < -0.3 is 10.1 Å². The van der Waals surface area contributed by atoms with E-state index in [9.17, 15) is 0 Å². The predicted molar refractivity (Wildman–Crippen MR) is 78.0 cm³/mol. The van der Waals surface area contributed by atoms with Gasteiger partial charge in [0.05, 0.1) is 6.61 Å². The molecule has 104 valence electrons. The van der Waals surface area contributed by atoms with Crippen LogP contribution in [0.3, 0.4) is 0 Å². The van der Waals surface area contributed by atoms with Crippen LogP contribution in [0, 0.1) is 0 Å². The summed E-state index contributed by atoms with van der Waals surface area (Å²) in [6, 6.07) is 5.19. The highest BCUT2D eigenvalue weighted by Gasteiger charge is 2.25. The van der Waals surface area contributed by atoms with Crippen LogP contribution in [0.15, 0.2) is 12.1 Å². The second-order valence-electron chi connectivity index (χ2n) is 5.74. The SMILES string of the molecule is CC1CN(Cc2cc(Cl)cc3c2OCC3)C(C)CN1. The molecule has 1 aromatic carbocycles. The molecule has 1 N–H and O–H groups in total. The minimum Gasteiger partial charge on any atom is -0.493 e. The van der Waals surface area contributed by atoms with Crippen LogP contribution in [0.5, 0.6) is 5.75 Å². The van der Waals surface area contributed by atoms with Crippen LogP contribution >= 0.6 is 11.6 Å². The zero-order chi connectivity index (χ0) is 13.4. The van der Waals surface area contributed by atoms with Gasteiger partial charge in [-0.2, -0.15) is 0 Å². The first kappa shape index (κ1) is 13.2. The molecule has 0 bridgehead atoms. The second kappa shape index (κ2) is 5.31. The van der Waals surface area contributed by atoms with Crippen molar-refractivity contribution in [3.05, 3.63) is 28.3 Å². The number of fused-ring (bicyclic) bond motifs is 1. The zero-order valence-electron chi connectivity index (χ0n) is 11.6. The Morgan fingerprint density at radius 2 is 2.26 bits per heavy atom. The zero-order valence-corrected chi connectivity index (χ0v) is 12.3. The van der Waals surface area contributed by atoms with E-state index in [1.165, 1.54) is 11.1 Å².